The zero-order chi connectivity index (χ0) is 28.9. The average molecular weight is 566 g/mol. The summed E-state index contributed by atoms with van der Waals surface area (Å²) in [5, 5.41) is 20.0. The van der Waals surface area contributed by atoms with Crippen molar-refractivity contribution in [3.05, 3.63) is 53.7 Å². The first-order valence-corrected chi connectivity index (χ1v) is 16.8. The van der Waals surface area contributed by atoms with Gasteiger partial charge in [-0.15, -0.1) is 0 Å². The normalized spacial score (nSPS) is 23.6. The minimum atomic E-state index is -2.32. The standard InChI is InChI=1S/C29H39N5O5Si/c1-17-14-31-16-29(34-27(36)37,24(17)39-40(5,6)28(2,3)4)20-11-12-30-15-22(20)32-25(35)21-10-9-19-13-23(18-7-8-18)38-26(19)33-21/h9-13,15,17-18,24,31,34H,7-8,14,16H2,1-6H3,(H,32,35)(H,36,37)/t17-,24+,29-/m0/s1. The first-order chi connectivity index (χ1) is 18.8. The van der Waals surface area contributed by atoms with Crippen LogP contribution in [-0.4, -0.2) is 54.6 Å². The van der Waals surface area contributed by atoms with Gasteiger partial charge in [-0.2, -0.15) is 0 Å². The number of carbonyl (C=O) groups is 2. The van der Waals surface area contributed by atoms with E-state index in [0.29, 0.717) is 29.4 Å². The van der Waals surface area contributed by atoms with Gasteiger partial charge in [0, 0.05) is 36.2 Å². The maximum atomic E-state index is 13.5. The average Bonchev–Trinajstić information content (AvgIpc) is 3.64. The third-order valence-electron chi connectivity index (χ3n) is 8.59. The molecule has 5 rings (SSSR count). The number of nitrogens with one attached hydrogen (secondary N) is 3. The molecule has 1 saturated carbocycles. The lowest BCUT2D eigenvalue weighted by Gasteiger charge is -2.52. The number of rotatable bonds is 7. The third-order valence-corrected chi connectivity index (χ3v) is 13.1. The van der Waals surface area contributed by atoms with Crippen molar-refractivity contribution >= 4 is 37.1 Å². The molecule has 3 atom stereocenters. The van der Waals surface area contributed by atoms with Crippen LogP contribution in [0.4, 0.5) is 10.5 Å². The van der Waals surface area contributed by atoms with E-state index in [1.165, 1.54) is 6.20 Å². The molecule has 0 radical (unpaired) electrons. The molecule has 3 aromatic rings. The summed E-state index contributed by atoms with van der Waals surface area (Å²) in [6.07, 6.45) is 3.70. The molecule has 3 aromatic heterocycles. The van der Waals surface area contributed by atoms with Gasteiger partial charge in [0.25, 0.3) is 5.91 Å². The van der Waals surface area contributed by atoms with E-state index >= 15 is 0 Å². The van der Waals surface area contributed by atoms with Crippen LogP contribution in [0.3, 0.4) is 0 Å². The predicted molar refractivity (Wildman–Crippen MR) is 155 cm³/mol. The number of hydrogen-bond donors (Lipinski definition) is 4. The Morgan fingerprint density at radius 1 is 1.23 bits per heavy atom. The van der Waals surface area contributed by atoms with Crippen LogP contribution in [0.1, 0.15) is 68.3 Å². The molecule has 10 nitrogen and oxygen atoms in total. The number of piperidine rings is 1. The number of hydrogen-bond acceptors (Lipinski definition) is 7. The van der Waals surface area contributed by atoms with E-state index in [4.69, 9.17) is 8.84 Å². The summed E-state index contributed by atoms with van der Waals surface area (Å²) in [6, 6.07) is 7.24. The van der Waals surface area contributed by atoms with Crippen molar-refractivity contribution in [2.45, 2.75) is 76.2 Å². The number of carboxylic acid groups (broad SMARTS) is 1. The van der Waals surface area contributed by atoms with Crippen molar-refractivity contribution in [2.75, 3.05) is 18.4 Å². The first-order valence-electron chi connectivity index (χ1n) is 13.9. The van der Waals surface area contributed by atoms with E-state index in [1.807, 2.05) is 12.1 Å². The lowest BCUT2D eigenvalue weighted by molar-refractivity contribution is 0.00490. The van der Waals surface area contributed by atoms with Gasteiger partial charge < -0.3 is 29.9 Å². The minimum absolute atomic E-state index is 0.0184. The molecule has 1 aliphatic carbocycles. The molecular formula is C29H39N5O5Si. The van der Waals surface area contributed by atoms with Crippen molar-refractivity contribution in [2.24, 2.45) is 5.92 Å². The SMILES string of the molecule is C[C@H]1CNC[C@](NC(=O)O)(c2ccncc2NC(=O)c2ccc3cc(C4CC4)oc3n2)[C@@H]1O[Si](C)(C)C(C)(C)C. The molecule has 0 bridgehead atoms. The number of furan rings is 1. The van der Waals surface area contributed by atoms with Gasteiger partial charge in [0.2, 0.25) is 5.71 Å². The molecule has 2 fully saturated rings. The largest absolute Gasteiger partial charge is 0.465 e. The summed E-state index contributed by atoms with van der Waals surface area (Å²) in [6.45, 7) is 13.8. The van der Waals surface area contributed by atoms with Crippen LogP contribution in [0.2, 0.25) is 18.1 Å². The number of fused-ring (bicyclic) bond motifs is 1. The Hall–Kier alpha value is -3.28. The van der Waals surface area contributed by atoms with Gasteiger partial charge in [0.05, 0.1) is 18.0 Å². The lowest BCUT2D eigenvalue weighted by Crippen LogP contribution is -2.68. The summed E-state index contributed by atoms with van der Waals surface area (Å²) in [5.41, 5.74) is 0.418. The lowest BCUT2D eigenvalue weighted by atomic mass is 9.76. The van der Waals surface area contributed by atoms with E-state index in [-0.39, 0.29) is 23.2 Å². The Morgan fingerprint density at radius 2 is 1.98 bits per heavy atom. The second-order valence-corrected chi connectivity index (χ2v) is 17.5. The Kier molecular flexibility index (Phi) is 7.26. The number of anilines is 1. The maximum Gasteiger partial charge on any atom is 0.405 e. The molecule has 40 heavy (non-hydrogen) atoms. The fraction of sp³-hybridized carbons (Fsp3) is 0.517. The molecule has 0 unspecified atom stereocenters. The van der Waals surface area contributed by atoms with Crippen LogP contribution in [-0.2, 0) is 9.96 Å². The topological polar surface area (TPSA) is 139 Å². The highest BCUT2D eigenvalue weighted by Crippen LogP contribution is 2.44. The van der Waals surface area contributed by atoms with Crippen LogP contribution < -0.4 is 16.0 Å². The molecule has 2 aliphatic rings. The predicted octanol–water partition coefficient (Wildman–Crippen LogP) is 5.45. The molecule has 4 heterocycles. The molecule has 1 aliphatic heterocycles. The second kappa shape index (κ2) is 10.3. The van der Waals surface area contributed by atoms with Crippen molar-refractivity contribution in [3.8, 4) is 0 Å². The van der Waals surface area contributed by atoms with Gasteiger partial charge in [-0.3, -0.25) is 9.78 Å². The van der Waals surface area contributed by atoms with Crippen LogP contribution in [0.15, 0.2) is 41.1 Å². The monoisotopic (exact) mass is 565 g/mol. The number of aromatic nitrogens is 2. The van der Waals surface area contributed by atoms with Gasteiger partial charge >= 0.3 is 6.09 Å². The number of pyridine rings is 2. The molecule has 0 aromatic carbocycles. The zero-order valence-electron chi connectivity index (χ0n) is 24.0. The summed E-state index contributed by atoms with van der Waals surface area (Å²) in [7, 11) is -2.32. The fourth-order valence-corrected chi connectivity index (χ4v) is 6.65. The highest BCUT2D eigenvalue weighted by molar-refractivity contribution is 6.74. The molecule has 0 spiro atoms. The molecule has 1 saturated heterocycles. The zero-order valence-corrected chi connectivity index (χ0v) is 25.0. The summed E-state index contributed by atoms with van der Waals surface area (Å²) in [4.78, 5) is 34.5. The Bertz CT molecular complexity index is 1430. The molecule has 214 valence electrons. The van der Waals surface area contributed by atoms with E-state index in [2.05, 4.69) is 66.7 Å². The number of nitrogens with zero attached hydrogens (tertiary/aromatic N) is 2. The summed E-state index contributed by atoms with van der Waals surface area (Å²) in [5.74, 6) is 0.887. The minimum Gasteiger partial charge on any atom is -0.465 e. The van der Waals surface area contributed by atoms with Crippen LogP contribution in [0, 0.1) is 5.92 Å². The summed E-state index contributed by atoms with van der Waals surface area (Å²) < 4.78 is 12.9. The van der Waals surface area contributed by atoms with Gasteiger partial charge in [0.1, 0.15) is 17.0 Å². The van der Waals surface area contributed by atoms with Crippen LogP contribution >= 0.6 is 0 Å². The Labute approximate surface area is 235 Å². The number of amides is 2. The quantitative estimate of drug-likeness (QED) is 0.278. The van der Waals surface area contributed by atoms with Gasteiger partial charge in [-0.05, 0) is 61.2 Å². The van der Waals surface area contributed by atoms with E-state index in [0.717, 1.165) is 24.0 Å². The summed E-state index contributed by atoms with van der Waals surface area (Å²) >= 11 is 0. The molecule has 11 heteroatoms. The van der Waals surface area contributed by atoms with Crippen molar-refractivity contribution in [1.29, 1.82) is 0 Å². The fourth-order valence-electron chi connectivity index (χ4n) is 5.23. The van der Waals surface area contributed by atoms with Crippen molar-refractivity contribution in [1.82, 2.24) is 20.6 Å². The van der Waals surface area contributed by atoms with Crippen LogP contribution in [0.5, 0.6) is 0 Å². The molecule has 2 amide bonds. The van der Waals surface area contributed by atoms with E-state index < -0.39 is 32.0 Å². The molecular weight excluding hydrogens is 526 g/mol. The first kappa shape index (κ1) is 28.3. The van der Waals surface area contributed by atoms with Crippen LogP contribution in [0.25, 0.3) is 11.1 Å². The van der Waals surface area contributed by atoms with Gasteiger partial charge in [0.15, 0.2) is 8.32 Å². The second-order valence-electron chi connectivity index (χ2n) is 12.7. The van der Waals surface area contributed by atoms with E-state index in [9.17, 15) is 14.7 Å². The van der Waals surface area contributed by atoms with E-state index in [1.54, 1.807) is 18.3 Å². The highest BCUT2D eigenvalue weighted by atomic mass is 28.4. The van der Waals surface area contributed by atoms with Gasteiger partial charge in [-0.25, -0.2) is 9.78 Å². The van der Waals surface area contributed by atoms with Crippen molar-refractivity contribution < 1.29 is 23.5 Å². The highest BCUT2D eigenvalue weighted by Gasteiger charge is 2.52. The van der Waals surface area contributed by atoms with Gasteiger partial charge in [-0.1, -0.05) is 27.7 Å². The van der Waals surface area contributed by atoms with Crippen molar-refractivity contribution in [3.63, 3.8) is 0 Å². The smallest absolute Gasteiger partial charge is 0.405 e. The third kappa shape index (κ3) is 5.37. The molecule has 4 N–H and O–H groups in total. The Morgan fingerprint density at radius 3 is 2.65 bits per heavy atom. The maximum absolute atomic E-state index is 13.5. The Balaban J connectivity index is 1.52. The number of carbonyl (C=O) groups excluding carboxylic acids is 1.